The van der Waals surface area contributed by atoms with E-state index >= 15 is 0 Å². The Morgan fingerprint density at radius 2 is 1.69 bits per heavy atom. The van der Waals surface area contributed by atoms with Crippen LogP contribution in [-0.4, -0.2) is 36.0 Å². The Morgan fingerprint density at radius 3 is 2.00 bits per heavy atom. The first-order valence-corrected chi connectivity index (χ1v) is 4.77. The van der Waals surface area contributed by atoms with Crippen LogP contribution in [0.15, 0.2) is 0 Å². The lowest BCUT2D eigenvalue weighted by molar-refractivity contribution is -0.274. The van der Waals surface area contributed by atoms with Crippen LogP contribution >= 0.6 is 0 Å². The molecule has 0 radical (unpaired) electrons. The van der Waals surface area contributed by atoms with Crippen molar-refractivity contribution in [1.29, 1.82) is 0 Å². The molecule has 0 aliphatic carbocycles. The van der Waals surface area contributed by atoms with Gasteiger partial charge >= 0.3 is 18.0 Å². The molecule has 0 spiro atoms. The summed E-state index contributed by atoms with van der Waals surface area (Å²) in [7, 11) is 0.947. The van der Waals surface area contributed by atoms with E-state index in [9.17, 15) is 26.7 Å². The highest BCUT2D eigenvalue weighted by Crippen LogP contribution is 2.37. The van der Waals surface area contributed by atoms with Gasteiger partial charge in [-0.3, -0.25) is 4.79 Å². The molecule has 0 bridgehead atoms. The topological polar surface area (TPSA) is 20.3 Å². The average Bonchev–Trinajstić information content (AvgIpc) is 2.14. The molecule has 0 aromatic carbocycles. The first-order chi connectivity index (χ1) is 7.05. The minimum atomic E-state index is -5.84. The maximum absolute atomic E-state index is 12.7. The van der Waals surface area contributed by atoms with Crippen molar-refractivity contribution in [3.63, 3.8) is 0 Å². The molecule has 0 rings (SSSR count). The normalized spacial score (nSPS) is 14.8. The molecule has 0 saturated heterocycles. The highest BCUT2D eigenvalue weighted by molar-refractivity contribution is 5.84. The summed E-state index contributed by atoms with van der Waals surface area (Å²) in [6.45, 7) is 3.17. The molecule has 1 amide bonds. The molecule has 0 saturated carbocycles. The Hall–Kier alpha value is -0.880. The van der Waals surface area contributed by atoms with Crippen LogP contribution < -0.4 is 0 Å². The third-order valence-corrected chi connectivity index (χ3v) is 2.31. The summed E-state index contributed by atoms with van der Waals surface area (Å²) >= 11 is 0. The van der Waals surface area contributed by atoms with E-state index in [1.807, 2.05) is 0 Å². The molecular formula is C9H14F5NO. The summed E-state index contributed by atoms with van der Waals surface area (Å²) in [5, 5.41) is 0. The van der Waals surface area contributed by atoms with Gasteiger partial charge in [0.2, 0.25) is 0 Å². The summed E-state index contributed by atoms with van der Waals surface area (Å²) in [6.07, 6.45) is -4.88. The number of carbonyl (C=O) groups is 1. The average molecular weight is 247 g/mol. The van der Waals surface area contributed by atoms with Gasteiger partial charge in [0, 0.05) is 13.1 Å². The van der Waals surface area contributed by atoms with Crippen LogP contribution in [0.5, 0.6) is 0 Å². The maximum Gasteiger partial charge on any atom is 0.463 e. The fourth-order valence-electron chi connectivity index (χ4n) is 1.15. The highest BCUT2D eigenvalue weighted by Gasteiger charge is 2.64. The largest absolute Gasteiger partial charge is 0.463 e. The van der Waals surface area contributed by atoms with Gasteiger partial charge in [0.05, 0.1) is 0 Å². The van der Waals surface area contributed by atoms with Gasteiger partial charge in [-0.2, -0.15) is 22.0 Å². The van der Waals surface area contributed by atoms with Gasteiger partial charge in [0.25, 0.3) is 0 Å². The lowest BCUT2D eigenvalue weighted by atomic mass is 10.1. The van der Waals surface area contributed by atoms with E-state index in [2.05, 4.69) is 0 Å². The fourth-order valence-corrected chi connectivity index (χ4v) is 1.15. The van der Waals surface area contributed by atoms with E-state index < -0.39 is 24.0 Å². The van der Waals surface area contributed by atoms with Gasteiger partial charge in [-0.1, -0.05) is 13.3 Å². The van der Waals surface area contributed by atoms with Gasteiger partial charge in [0.15, 0.2) is 0 Å². The number of nitrogens with zero attached hydrogens (tertiary/aromatic N) is 1. The quantitative estimate of drug-likeness (QED) is 0.699. The molecule has 0 heterocycles. The van der Waals surface area contributed by atoms with Crippen molar-refractivity contribution in [3.05, 3.63) is 0 Å². The van der Waals surface area contributed by atoms with Crippen molar-refractivity contribution in [2.75, 3.05) is 7.05 Å². The van der Waals surface area contributed by atoms with Gasteiger partial charge in [-0.15, -0.1) is 0 Å². The summed E-state index contributed by atoms with van der Waals surface area (Å²) < 4.78 is 61.0. The second-order valence-electron chi connectivity index (χ2n) is 3.63. The van der Waals surface area contributed by atoms with Crippen molar-refractivity contribution < 1.29 is 26.7 Å². The standard InChI is InChI=1S/C9H14F5NO/c1-4-5-6(2)15(3)7(16)8(10,11)9(12,13)14/h6H,4-5H2,1-3H3. The van der Waals surface area contributed by atoms with E-state index in [0.29, 0.717) is 17.7 Å². The van der Waals surface area contributed by atoms with Crippen LogP contribution in [-0.2, 0) is 4.79 Å². The van der Waals surface area contributed by atoms with Gasteiger partial charge < -0.3 is 4.90 Å². The maximum atomic E-state index is 12.7. The van der Waals surface area contributed by atoms with Gasteiger partial charge in [0.1, 0.15) is 0 Å². The molecular weight excluding hydrogens is 233 g/mol. The monoisotopic (exact) mass is 247 g/mol. The summed E-state index contributed by atoms with van der Waals surface area (Å²) in [5.41, 5.74) is 0. The SMILES string of the molecule is CCCC(C)N(C)C(=O)C(F)(F)C(F)(F)F. The molecule has 0 aromatic rings. The molecule has 0 aliphatic rings. The van der Waals surface area contributed by atoms with Crippen LogP contribution in [0.3, 0.4) is 0 Å². The second-order valence-corrected chi connectivity index (χ2v) is 3.63. The Labute approximate surface area is 90.4 Å². The van der Waals surface area contributed by atoms with Crippen LogP contribution in [0.4, 0.5) is 22.0 Å². The zero-order chi connectivity index (χ0) is 13.1. The molecule has 1 atom stereocenters. The van der Waals surface area contributed by atoms with Gasteiger partial charge in [-0.05, 0) is 13.3 Å². The lowest BCUT2D eigenvalue weighted by Crippen LogP contribution is -2.53. The smallest absolute Gasteiger partial charge is 0.338 e. The number of alkyl halides is 5. The zero-order valence-electron chi connectivity index (χ0n) is 9.24. The first-order valence-electron chi connectivity index (χ1n) is 4.77. The molecule has 0 fully saturated rings. The zero-order valence-corrected chi connectivity index (χ0v) is 9.24. The third kappa shape index (κ3) is 3.05. The van der Waals surface area contributed by atoms with Crippen molar-refractivity contribution in [2.45, 2.75) is 44.8 Å². The number of hydrogen-bond acceptors (Lipinski definition) is 1. The number of amides is 1. The molecule has 0 aliphatic heterocycles. The predicted octanol–water partition coefficient (Wildman–Crippen LogP) is 2.83. The number of carbonyl (C=O) groups excluding carboxylic acids is 1. The van der Waals surface area contributed by atoms with Gasteiger partial charge in [-0.25, -0.2) is 0 Å². The lowest BCUT2D eigenvalue weighted by Gasteiger charge is -2.29. The van der Waals surface area contributed by atoms with E-state index in [4.69, 9.17) is 0 Å². The van der Waals surface area contributed by atoms with E-state index in [0.717, 1.165) is 7.05 Å². The van der Waals surface area contributed by atoms with Crippen molar-refractivity contribution in [2.24, 2.45) is 0 Å². The van der Waals surface area contributed by atoms with Crippen LogP contribution in [0.25, 0.3) is 0 Å². The number of hydrogen-bond donors (Lipinski definition) is 0. The molecule has 1 unspecified atom stereocenters. The highest BCUT2D eigenvalue weighted by atomic mass is 19.4. The Morgan fingerprint density at radius 1 is 1.25 bits per heavy atom. The van der Waals surface area contributed by atoms with Crippen molar-refractivity contribution >= 4 is 5.91 Å². The van der Waals surface area contributed by atoms with Crippen molar-refractivity contribution in [1.82, 2.24) is 4.90 Å². The molecule has 0 N–H and O–H groups in total. The number of halogens is 5. The molecule has 7 heteroatoms. The Kier molecular flexibility index (Phi) is 4.69. The van der Waals surface area contributed by atoms with Crippen LogP contribution in [0.2, 0.25) is 0 Å². The van der Waals surface area contributed by atoms with E-state index in [-0.39, 0.29) is 0 Å². The fraction of sp³-hybridized carbons (Fsp3) is 0.889. The summed E-state index contributed by atoms with van der Waals surface area (Å²) in [5.74, 6) is -7.52. The van der Waals surface area contributed by atoms with Crippen molar-refractivity contribution in [3.8, 4) is 0 Å². The third-order valence-electron chi connectivity index (χ3n) is 2.31. The molecule has 16 heavy (non-hydrogen) atoms. The molecule has 0 aromatic heterocycles. The summed E-state index contributed by atoms with van der Waals surface area (Å²) in [4.78, 5) is 11.4. The number of rotatable bonds is 4. The van der Waals surface area contributed by atoms with E-state index in [1.165, 1.54) is 6.92 Å². The summed E-state index contributed by atoms with van der Waals surface area (Å²) in [6, 6.07) is -0.647. The predicted molar refractivity (Wildman–Crippen MR) is 48.1 cm³/mol. The Balaban J connectivity index is 4.80. The van der Waals surface area contributed by atoms with E-state index in [1.54, 1.807) is 6.92 Å². The molecule has 2 nitrogen and oxygen atoms in total. The minimum absolute atomic E-state index is 0.371. The second kappa shape index (κ2) is 4.97. The van der Waals surface area contributed by atoms with Crippen LogP contribution in [0, 0.1) is 0 Å². The molecule has 96 valence electrons. The van der Waals surface area contributed by atoms with Crippen LogP contribution in [0.1, 0.15) is 26.7 Å². The first kappa shape index (κ1) is 15.1. The minimum Gasteiger partial charge on any atom is -0.338 e. The Bertz CT molecular complexity index is 251.